The van der Waals surface area contributed by atoms with Crippen LogP contribution >= 0.6 is 13.5 Å². The molecular formula is C5H12O4S2. The Morgan fingerprint density at radius 3 is 2.45 bits per heavy atom. The normalized spacial score (nSPS) is 23.5. The summed E-state index contributed by atoms with van der Waals surface area (Å²) in [4.78, 5) is 0. The van der Waals surface area contributed by atoms with Crippen molar-refractivity contribution in [2.24, 2.45) is 0 Å². The second kappa shape index (κ2) is 4.30. The first kappa shape index (κ1) is 11.2. The van der Waals surface area contributed by atoms with E-state index in [1.807, 2.05) is 0 Å². The molecule has 4 nitrogen and oxygen atoms in total. The van der Waals surface area contributed by atoms with Crippen LogP contribution in [0.25, 0.3) is 0 Å². The molecule has 1 saturated heterocycles. The van der Waals surface area contributed by atoms with Gasteiger partial charge in [0.25, 0.3) is 10.1 Å². The molecule has 1 rings (SSSR count). The van der Waals surface area contributed by atoms with Gasteiger partial charge in [0.2, 0.25) is 0 Å². The topological polar surface area (TPSA) is 52.6 Å². The Bertz CT molecular complexity index is 195. The summed E-state index contributed by atoms with van der Waals surface area (Å²) in [5, 5.41) is 0. The number of ether oxygens (including phenoxy) is 1. The smallest absolute Gasteiger partial charge is 0.264 e. The molecule has 0 unspecified atom stereocenters. The van der Waals surface area contributed by atoms with Gasteiger partial charge >= 0.3 is 0 Å². The van der Waals surface area contributed by atoms with Crippen LogP contribution in [0, 0.1) is 0 Å². The third kappa shape index (κ3) is 4.62. The summed E-state index contributed by atoms with van der Waals surface area (Å²) in [6, 6.07) is 0. The molecule has 0 aromatic carbocycles. The average Bonchev–Trinajstić information content (AvgIpc) is 1.56. The van der Waals surface area contributed by atoms with Crippen molar-refractivity contribution in [1.82, 2.24) is 0 Å². The van der Waals surface area contributed by atoms with Gasteiger partial charge in [-0.05, 0) is 6.42 Å². The molecule has 6 heteroatoms. The average molecular weight is 200 g/mol. The van der Waals surface area contributed by atoms with E-state index in [0.717, 1.165) is 19.3 Å². The van der Waals surface area contributed by atoms with Crippen molar-refractivity contribution in [3.05, 3.63) is 0 Å². The molecule has 1 fully saturated rings. The fraction of sp³-hybridized carbons (Fsp3) is 1.00. The predicted octanol–water partition coefficient (Wildman–Crippen LogP) is -0.136. The first-order chi connectivity index (χ1) is 4.58. The molecule has 0 aromatic rings. The molecule has 0 radical (unpaired) electrons. The SMILES string of the molecule is CS(=O)(=O)OC[C@@H]1CCO1.S. The van der Waals surface area contributed by atoms with Crippen LogP contribution in [0.4, 0.5) is 0 Å². The minimum absolute atomic E-state index is 0. The van der Waals surface area contributed by atoms with Crippen molar-refractivity contribution in [2.75, 3.05) is 19.5 Å². The van der Waals surface area contributed by atoms with Gasteiger partial charge in [-0.1, -0.05) is 0 Å². The molecule has 0 amide bonds. The molecule has 1 aliphatic rings. The van der Waals surface area contributed by atoms with E-state index in [2.05, 4.69) is 4.18 Å². The van der Waals surface area contributed by atoms with E-state index in [-0.39, 0.29) is 26.2 Å². The highest BCUT2D eigenvalue weighted by molar-refractivity contribution is 7.85. The van der Waals surface area contributed by atoms with Crippen LogP contribution in [0.3, 0.4) is 0 Å². The van der Waals surface area contributed by atoms with E-state index >= 15 is 0 Å². The molecule has 0 aromatic heterocycles. The fourth-order valence-corrected chi connectivity index (χ4v) is 1.01. The summed E-state index contributed by atoms with van der Waals surface area (Å²) in [6.07, 6.45) is 1.93. The third-order valence-electron chi connectivity index (χ3n) is 1.26. The van der Waals surface area contributed by atoms with Crippen molar-refractivity contribution in [3.63, 3.8) is 0 Å². The summed E-state index contributed by atoms with van der Waals surface area (Å²) >= 11 is 0. The first-order valence-corrected chi connectivity index (χ1v) is 4.85. The summed E-state index contributed by atoms with van der Waals surface area (Å²) in [6.45, 7) is 0.886. The Labute approximate surface area is 73.4 Å². The Kier molecular flexibility index (Phi) is 4.38. The van der Waals surface area contributed by atoms with E-state index < -0.39 is 10.1 Å². The summed E-state index contributed by atoms with van der Waals surface area (Å²) in [7, 11) is -3.28. The lowest BCUT2D eigenvalue weighted by molar-refractivity contribution is -0.0709. The highest BCUT2D eigenvalue weighted by Gasteiger charge is 2.19. The van der Waals surface area contributed by atoms with Gasteiger partial charge < -0.3 is 4.74 Å². The predicted molar refractivity (Wildman–Crippen MR) is 45.5 cm³/mol. The monoisotopic (exact) mass is 200 g/mol. The van der Waals surface area contributed by atoms with Crippen molar-refractivity contribution in [2.45, 2.75) is 12.5 Å². The van der Waals surface area contributed by atoms with E-state index in [9.17, 15) is 8.42 Å². The summed E-state index contributed by atoms with van der Waals surface area (Å²) < 4.78 is 30.2. The Balaban J connectivity index is 0.000001000. The molecule has 68 valence electrons. The van der Waals surface area contributed by atoms with E-state index in [4.69, 9.17) is 4.74 Å². The maximum Gasteiger partial charge on any atom is 0.264 e. The van der Waals surface area contributed by atoms with Crippen LogP contribution in [0.15, 0.2) is 0 Å². The lowest BCUT2D eigenvalue weighted by Gasteiger charge is -2.25. The Morgan fingerprint density at radius 1 is 1.64 bits per heavy atom. The first-order valence-electron chi connectivity index (χ1n) is 3.04. The summed E-state index contributed by atoms with van der Waals surface area (Å²) in [5.74, 6) is 0. The van der Waals surface area contributed by atoms with Gasteiger partial charge in [0.1, 0.15) is 0 Å². The molecule has 1 aliphatic heterocycles. The zero-order chi connectivity index (χ0) is 7.61. The van der Waals surface area contributed by atoms with Crippen LogP contribution in [0.1, 0.15) is 6.42 Å². The molecular weight excluding hydrogens is 188 g/mol. The number of hydrogen-bond acceptors (Lipinski definition) is 4. The van der Waals surface area contributed by atoms with E-state index in [1.165, 1.54) is 0 Å². The Hall–Kier alpha value is 0.220. The van der Waals surface area contributed by atoms with Crippen LogP contribution < -0.4 is 0 Å². The van der Waals surface area contributed by atoms with Gasteiger partial charge in [0.15, 0.2) is 0 Å². The van der Waals surface area contributed by atoms with Crippen molar-refractivity contribution >= 4 is 23.6 Å². The van der Waals surface area contributed by atoms with E-state index in [1.54, 1.807) is 0 Å². The lowest BCUT2D eigenvalue weighted by atomic mass is 10.2. The zero-order valence-corrected chi connectivity index (χ0v) is 8.06. The van der Waals surface area contributed by atoms with Gasteiger partial charge in [-0.15, -0.1) is 0 Å². The minimum Gasteiger partial charge on any atom is -0.376 e. The number of rotatable bonds is 3. The molecule has 0 aliphatic carbocycles. The molecule has 0 bridgehead atoms. The van der Waals surface area contributed by atoms with Crippen molar-refractivity contribution in [3.8, 4) is 0 Å². The van der Waals surface area contributed by atoms with Gasteiger partial charge in [-0.2, -0.15) is 21.9 Å². The van der Waals surface area contributed by atoms with Gasteiger partial charge in [0, 0.05) is 6.61 Å². The second-order valence-corrected chi connectivity index (χ2v) is 3.91. The standard InChI is InChI=1S/C5H10O4S.H2S/c1-10(6,7)9-4-5-2-3-8-5;/h5H,2-4H2,1H3;1H2/t5-;/m0./s1. The maximum atomic E-state index is 10.4. The van der Waals surface area contributed by atoms with Crippen molar-refractivity contribution < 1.29 is 17.3 Å². The lowest BCUT2D eigenvalue weighted by Crippen LogP contribution is -2.32. The largest absolute Gasteiger partial charge is 0.376 e. The van der Waals surface area contributed by atoms with Gasteiger partial charge in [-0.25, -0.2) is 0 Å². The molecule has 11 heavy (non-hydrogen) atoms. The second-order valence-electron chi connectivity index (χ2n) is 2.27. The highest BCUT2D eigenvalue weighted by atomic mass is 32.2. The Morgan fingerprint density at radius 2 is 2.18 bits per heavy atom. The third-order valence-corrected chi connectivity index (χ3v) is 1.83. The quantitative estimate of drug-likeness (QED) is 0.595. The van der Waals surface area contributed by atoms with Crippen LogP contribution in [-0.4, -0.2) is 34.0 Å². The van der Waals surface area contributed by atoms with Gasteiger partial charge in [-0.3, -0.25) is 4.18 Å². The maximum absolute atomic E-state index is 10.4. The highest BCUT2D eigenvalue weighted by Crippen LogP contribution is 2.11. The minimum atomic E-state index is -3.28. The van der Waals surface area contributed by atoms with Gasteiger partial charge in [0.05, 0.1) is 19.0 Å². The molecule has 1 heterocycles. The molecule has 0 spiro atoms. The zero-order valence-electron chi connectivity index (χ0n) is 6.24. The molecule has 1 atom stereocenters. The molecule has 0 N–H and O–H groups in total. The van der Waals surface area contributed by atoms with Crippen LogP contribution in [-0.2, 0) is 19.0 Å². The van der Waals surface area contributed by atoms with E-state index in [0.29, 0.717) is 0 Å². The van der Waals surface area contributed by atoms with Crippen molar-refractivity contribution in [1.29, 1.82) is 0 Å². The molecule has 0 saturated carbocycles. The number of hydrogen-bond donors (Lipinski definition) is 0. The van der Waals surface area contributed by atoms with Crippen LogP contribution in [0.2, 0.25) is 0 Å². The fourth-order valence-electron chi connectivity index (χ4n) is 0.615. The van der Waals surface area contributed by atoms with Crippen LogP contribution in [0.5, 0.6) is 0 Å². The summed E-state index contributed by atoms with van der Waals surface area (Å²) in [5.41, 5.74) is 0.